The molecule has 0 saturated heterocycles. The third-order valence-electron chi connectivity index (χ3n) is 1.88. The van der Waals surface area contributed by atoms with E-state index in [1.807, 2.05) is 0 Å². The van der Waals surface area contributed by atoms with Gasteiger partial charge in [0.25, 0.3) is 5.69 Å². The Morgan fingerprint density at radius 1 is 1.53 bits per heavy atom. The zero-order valence-electron chi connectivity index (χ0n) is 8.21. The normalized spacial score (nSPS) is 9.67. The molecule has 0 aliphatic heterocycles. The van der Waals surface area contributed by atoms with E-state index in [1.54, 1.807) is 25.2 Å². The van der Waals surface area contributed by atoms with Crippen LogP contribution in [0.15, 0.2) is 24.3 Å². The number of nitro benzene ring substituents is 1. The zero-order valence-corrected chi connectivity index (χ0v) is 8.21. The Kier molecular flexibility index (Phi) is 3.22. The SMILES string of the molecule is CN(CC(N)=O)c1ccccc1[N+](=O)[O-]. The molecule has 0 aliphatic carbocycles. The molecule has 0 saturated carbocycles. The number of nitrogens with two attached hydrogens (primary N) is 1. The first kappa shape index (κ1) is 11.0. The van der Waals surface area contributed by atoms with E-state index in [9.17, 15) is 14.9 Å². The molecule has 1 amide bonds. The van der Waals surface area contributed by atoms with E-state index in [0.29, 0.717) is 5.69 Å². The average molecular weight is 209 g/mol. The highest BCUT2D eigenvalue weighted by molar-refractivity contribution is 5.80. The van der Waals surface area contributed by atoms with Crippen LogP contribution < -0.4 is 10.6 Å². The molecule has 1 rings (SSSR count). The Balaban J connectivity index is 3.02. The summed E-state index contributed by atoms with van der Waals surface area (Å²) < 4.78 is 0. The van der Waals surface area contributed by atoms with Gasteiger partial charge in [-0.2, -0.15) is 0 Å². The highest BCUT2D eigenvalue weighted by Crippen LogP contribution is 2.25. The number of para-hydroxylation sites is 2. The summed E-state index contributed by atoms with van der Waals surface area (Å²) in [6, 6.07) is 6.19. The topological polar surface area (TPSA) is 89.5 Å². The van der Waals surface area contributed by atoms with Crippen LogP contribution >= 0.6 is 0 Å². The van der Waals surface area contributed by atoms with E-state index in [0.717, 1.165) is 0 Å². The predicted octanol–water partition coefficient (Wildman–Crippen LogP) is 0.516. The van der Waals surface area contributed by atoms with Gasteiger partial charge in [0.1, 0.15) is 5.69 Å². The van der Waals surface area contributed by atoms with Crippen LogP contribution in [0.4, 0.5) is 11.4 Å². The van der Waals surface area contributed by atoms with Crippen LogP contribution in [0.2, 0.25) is 0 Å². The van der Waals surface area contributed by atoms with Crippen molar-refractivity contribution in [3.63, 3.8) is 0 Å². The molecular formula is C9H11N3O3. The van der Waals surface area contributed by atoms with Gasteiger partial charge in [-0.05, 0) is 6.07 Å². The van der Waals surface area contributed by atoms with Gasteiger partial charge in [0, 0.05) is 13.1 Å². The summed E-state index contributed by atoms with van der Waals surface area (Å²) in [5.41, 5.74) is 5.34. The third-order valence-corrected chi connectivity index (χ3v) is 1.88. The zero-order chi connectivity index (χ0) is 11.4. The number of carbonyl (C=O) groups is 1. The number of hydrogen-bond acceptors (Lipinski definition) is 4. The standard InChI is InChI=1S/C9H11N3O3/c1-11(6-9(10)13)7-4-2-3-5-8(7)12(14)15/h2-5H,6H2,1H3,(H2,10,13). The maximum atomic E-state index is 10.7. The number of benzene rings is 1. The van der Waals surface area contributed by atoms with Gasteiger partial charge in [-0.3, -0.25) is 14.9 Å². The molecule has 2 N–H and O–H groups in total. The van der Waals surface area contributed by atoms with Crippen molar-refractivity contribution in [2.24, 2.45) is 5.73 Å². The van der Waals surface area contributed by atoms with E-state index in [2.05, 4.69) is 0 Å². The molecular weight excluding hydrogens is 198 g/mol. The van der Waals surface area contributed by atoms with Gasteiger partial charge in [-0.25, -0.2) is 0 Å². The van der Waals surface area contributed by atoms with Crippen molar-refractivity contribution in [2.45, 2.75) is 0 Å². The lowest BCUT2D eigenvalue weighted by Gasteiger charge is -2.16. The average Bonchev–Trinajstić information content (AvgIpc) is 2.16. The molecule has 0 spiro atoms. The number of nitro groups is 1. The van der Waals surface area contributed by atoms with Crippen molar-refractivity contribution in [2.75, 3.05) is 18.5 Å². The second kappa shape index (κ2) is 4.41. The van der Waals surface area contributed by atoms with Gasteiger partial charge in [0.15, 0.2) is 0 Å². The van der Waals surface area contributed by atoms with Crippen molar-refractivity contribution >= 4 is 17.3 Å². The molecule has 6 heteroatoms. The fourth-order valence-electron chi connectivity index (χ4n) is 1.26. The van der Waals surface area contributed by atoms with Crippen molar-refractivity contribution < 1.29 is 9.72 Å². The quantitative estimate of drug-likeness (QED) is 0.578. The van der Waals surface area contributed by atoms with Crippen molar-refractivity contribution in [1.29, 1.82) is 0 Å². The highest BCUT2D eigenvalue weighted by Gasteiger charge is 2.16. The number of likely N-dealkylation sites (N-methyl/N-ethyl adjacent to an activating group) is 1. The van der Waals surface area contributed by atoms with Gasteiger partial charge < -0.3 is 10.6 Å². The van der Waals surface area contributed by atoms with E-state index in [-0.39, 0.29) is 12.2 Å². The van der Waals surface area contributed by atoms with Gasteiger partial charge in [0.2, 0.25) is 5.91 Å². The summed E-state index contributed by atoms with van der Waals surface area (Å²) in [5, 5.41) is 10.7. The summed E-state index contributed by atoms with van der Waals surface area (Å²) >= 11 is 0. The summed E-state index contributed by atoms with van der Waals surface area (Å²) in [7, 11) is 1.58. The monoisotopic (exact) mass is 209 g/mol. The van der Waals surface area contributed by atoms with Crippen LogP contribution in [-0.2, 0) is 4.79 Å². The van der Waals surface area contributed by atoms with Crippen LogP contribution in [0, 0.1) is 10.1 Å². The second-order valence-corrected chi connectivity index (χ2v) is 3.07. The fraction of sp³-hybridized carbons (Fsp3) is 0.222. The molecule has 1 aromatic rings. The Bertz CT molecular complexity index is 392. The lowest BCUT2D eigenvalue weighted by molar-refractivity contribution is -0.384. The van der Waals surface area contributed by atoms with Crippen LogP contribution in [0.25, 0.3) is 0 Å². The first-order valence-electron chi connectivity index (χ1n) is 4.25. The minimum absolute atomic E-state index is 0.0405. The Hall–Kier alpha value is -2.11. The number of primary amides is 1. The molecule has 0 aliphatic rings. The lowest BCUT2D eigenvalue weighted by Crippen LogP contribution is -2.30. The molecule has 0 atom stereocenters. The maximum absolute atomic E-state index is 10.7. The van der Waals surface area contributed by atoms with Crippen LogP contribution in [0.3, 0.4) is 0 Å². The maximum Gasteiger partial charge on any atom is 0.292 e. The van der Waals surface area contributed by atoms with E-state index in [4.69, 9.17) is 5.73 Å². The molecule has 0 bridgehead atoms. The number of anilines is 1. The summed E-state index contributed by atoms with van der Waals surface area (Å²) in [6.07, 6.45) is 0. The Labute approximate surface area is 86.4 Å². The molecule has 1 aromatic carbocycles. The number of nitrogens with zero attached hydrogens (tertiary/aromatic N) is 2. The predicted molar refractivity (Wildman–Crippen MR) is 55.6 cm³/mol. The van der Waals surface area contributed by atoms with Gasteiger partial charge >= 0.3 is 0 Å². The van der Waals surface area contributed by atoms with Crippen LogP contribution in [0.1, 0.15) is 0 Å². The highest BCUT2D eigenvalue weighted by atomic mass is 16.6. The van der Waals surface area contributed by atoms with Gasteiger partial charge in [0.05, 0.1) is 11.5 Å². The summed E-state index contributed by atoms with van der Waals surface area (Å²) in [6.45, 7) is -0.0507. The molecule has 80 valence electrons. The molecule has 0 heterocycles. The lowest BCUT2D eigenvalue weighted by atomic mass is 10.2. The first-order chi connectivity index (χ1) is 7.02. The molecule has 0 unspecified atom stereocenters. The van der Waals surface area contributed by atoms with E-state index < -0.39 is 10.8 Å². The smallest absolute Gasteiger partial charge is 0.292 e. The minimum atomic E-state index is -0.532. The van der Waals surface area contributed by atoms with Crippen molar-refractivity contribution in [3.05, 3.63) is 34.4 Å². The van der Waals surface area contributed by atoms with E-state index >= 15 is 0 Å². The molecule has 0 fully saturated rings. The van der Waals surface area contributed by atoms with E-state index in [1.165, 1.54) is 11.0 Å². The Morgan fingerprint density at radius 3 is 2.67 bits per heavy atom. The second-order valence-electron chi connectivity index (χ2n) is 3.07. The molecule has 6 nitrogen and oxygen atoms in total. The first-order valence-corrected chi connectivity index (χ1v) is 4.25. The Morgan fingerprint density at radius 2 is 2.13 bits per heavy atom. The van der Waals surface area contributed by atoms with Crippen LogP contribution in [-0.4, -0.2) is 24.4 Å². The summed E-state index contributed by atoms with van der Waals surface area (Å²) in [4.78, 5) is 22.3. The van der Waals surface area contributed by atoms with Gasteiger partial charge in [-0.1, -0.05) is 12.1 Å². The number of rotatable bonds is 4. The minimum Gasteiger partial charge on any atom is -0.368 e. The fourth-order valence-corrected chi connectivity index (χ4v) is 1.26. The summed E-state index contributed by atoms with van der Waals surface area (Å²) in [5.74, 6) is -0.532. The third kappa shape index (κ3) is 2.67. The largest absolute Gasteiger partial charge is 0.368 e. The molecule has 0 aromatic heterocycles. The van der Waals surface area contributed by atoms with Gasteiger partial charge in [-0.15, -0.1) is 0 Å². The molecule has 15 heavy (non-hydrogen) atoms. The van der Waals surface area contributed by atoms with Crippen LogP contribution in [0.5, 0.6) is 0 Å². The number of carbonyl (C=O) groups excluding carboxylic acids is 1. The number of hydrogen-bond donors (Lipinski definition) is 1. The molecule has 0 radical (unpaired) electrons. The van der Waals surface area contributed by atoms with Crippen molar-refractivity contribution in [1.82, 2.24) is 0 Å². The van der Waals surface area contributed by atoms with Crippen molar-refractivity contribution in [3.8, 4) is 0 Å². The number of amides is 1.